The number of unbranched alkanes of at least 4 members (excludes halogenated alkanes) is 14. The third-order valence-corrected chi connectivity index (χ3v) is 8.54. The molecule has 0 aliphatic heterocycles. The van der Waals surface area contributed by atoms with E-state index in [0.29, 0.717) is 12.8 Å². The van der Waals surface area contributed by atoms with Crippen LogP contribution in [0, 0.1) is 0 Å². The molecule has 2 atom stereocenters. The maximum Gasteiger partial charge on any atom is 0.306 e. The lowest BCUT2D eigenvalue weighted by molar-refractivity contribution is -0.889. The average Bonchev–Trinajstić information content (AvgIpc) is 3.05. The number of hydrogen-bond acceptors (Lipinski definition) is 7. The van der Waals surface area contributed by atoms with Crippen LogP contribution in [0.3, 0.4) is 0 Å². The maximum absolute atomic E-state index is 12.6. The number of carbonyl (C=O) groups is 3. The Bertz CT molecular complexity index is 906. The number of esters is 2. The van der Waals surface area contributed by atoms with Crippen LogP contribution in [-0.2, 0) is 28.6 Å². The molecular weight excluding hydrogens is 618 g/mol. The van der Waals surface area contributed by atoms with Crippen molar-refractivity contribution >= 4 is 17.9 Å². The number of aliphatic carboxylic acids is 1. The first-order valence-electron chi connectivity index (χ1n) is 19.5. The van der Waals surface area contributed by atoms with Crippen molar-refractivity contribution < 1.29 is 38.2 Å². The van der Waals surface area contributed by atoms with Crippen molar-refractivity contribution in [2.75, 3.05) is 41.0 Å². The summed E-state index contributed by atoms with van der Waals surface area (Å²) in [7, 11) is 5.39. The van der Waals surface area contributed by atoms with E-state index in [2.05, 4.69) is 50.3 Å². The van der Waals surface area contributed by atoms with Crippen LogP contribution in [0.4, 0.5) is 0 Å². The normalized spacial score (nSPS) is 13.4. The fourth-order valence-corrected chi connectivity index (χ4v) is 5.50. The Kier molecular flexibility index (Phi) is 31.1. The Morgan fingerprint density at radius 1 is 0.633 bits per heavy atom. The largest absolute Gasteiger partial charge is 0.544 e. The van der Waals surface area contributed by atoms with E-state index in [0.717, 1.165) is 70.6 Å². The van der Waals surface area contributed by atoms with Crippen molar-refractivity contribution in [3.63, 3.8) is 0 Å². The van der Waals surface area contributed by atoms with Crippen LogP contribution in [0.25, 0.3) is 0 Å². The van der Waals surface area contributed by atoms with Gasteiger partial charge in [0, 0.05) is 19.3 Å². The molecule has 8 heteroatoms. The molecule has 284 valence electrons. The summed E-state index contributed by atoms with van der Waals surface area (Å²) in [5, 5.41) is 11.6. The smallest absolute Gasteiger partial charge is 0.306 e. The van der Waals surface area contributed by atoms with Gasteiger partial charge < -0.3 is 28.6 Å². The van der Waals surface area contributed by atoms with E-state index < -0.39 is 18.1 Å². The zero-order chi connectivity index (χ0) is 36.4. The summed E-state index contributed by atoms with van der Waals surface area (Å²) in [6, 6.07) is -0.727. The molecule has 0 N–H and O–H groups in total. The monoisotopic (exact) mass is 692 g/mol. The first-order chi connectivity index (χ1) is 23.6. The van der Waals surface area contributed by atoms with Gasteiger partial charge in [0.1, 0.15) is 12.6 Å². The third-order valence-electron chi connectivity index (χ3n) is 8.54. The minimum atomic E-state index is -1.13. The predicted octanol–water partition coefficient (Wildman–Crippen LogP) is 8.57. The fraction of sp³-hybridized carbons (Fsp3) is 0.780. The molecule has 0 aromatic heterocycles. The van der Waals surface area contributed by atoms with E-state index >= 15 is 0 Å². The number of ether oxygens (including phenoxy) is 3. The van der Waals surface area contributed by atoms with Crippen molar-refractivity contribution in [1.82, 2.24) is 0 Å². The van der Waals surface area contributed by atoms with Crippen LogP contribution in [-0.4, -0.2) is 75.5 Å². The Morgan fingerprint density at radius 3 is 1.69 bits per heavy atom. The van der Waals surface area contributed by atoms with E-state index in [1.54, 1.807) is 21.1 Å². The van der Waals surface area contributed by atoms with Crippen molar-refractivity contribution in [3.05, 3.63) is 36.5 Å². The number of nitrogens with zero attached hydrogens (tertiary/aromatic N) is 1. The predicted molar refractivity (Wildman–Crippen MR) is 199 cm³/mol. The third kappa shape index (κ3) is 31.3. The zero-order valence-electron chi connectivity index (χ0n) is 32.1. The number of likely N-dealkylation sites (N-methyl/N-ethyl adjacent to an activating group) is 1. The fourth-order valence-electron chi connectivity index (χ4n) is 5.50. The van der Waals surface area contributed by atoms with Crippen molar-refractivity contribution in [2.45, 2.75) is 167 Å². The second kappa shape index (κ2) is 32.7. The van der Waals surface area contributed by atoms with Crippen LogP contribution in [0.1, 0.15) is 155 Å². The van der Waals surface area contributed by atoms with Gasteiger partial charge in [0.25, 0.3) is 0 Å². The first kappa shape index (κ1) is 46.5. The number of quaternary nitrogens is 1. The summed E-state index contributed by atoms with van der Waals surface area (Å²) in [6.07, 6.45) is 34.5. The van der Waals surface area contributed by atoms with Crippen LogP contribution >= 0.6 is 0 Å². The summed E-state index contributed by atoms with van der Waals surface area (Å²) in [5.41, 5.74) is 0. The number of carbonyl (C=O) groups excluding carboxylic acids is 3. The highest BCUT2D eigenvalue weighted by Gasteiger charge is 2.25. The number of carboxylic acids is 1. The molecule has 0 aromatic carbocycles. The minimum Gasteiger partial charge on any atom is -0.544 e. The molecule has 49 heavy (non-hydrogen) atoms. The quantitative estimate of drug-likeness (QED) is 0.0288. The van der Waals surface area contributed by atoms with E-state index in [1.165, 1.54) is 51.4 Å². The molecule has 0 spiro atoms. The Balaban J connectivity index is 4.45. The van der Waals surface area contributed by atoms with Crippen LogP contribution in [0.15, 0.2) is 36.5 Å². The molecule has 0 aliphatic carbocycles. The van der Waals surface area contributed by atoms with Crippen LogP contribution in [0.5, 0.6) is 0 Å². The highest BCUT2D eigenvalue weighted by Crippen LogP contribution is 2.13. The molecule has 0 aromatic rings. The van der Waals surface area contributed by atoms with Crippen molar-refractivity contribution in [1.29, 1.82) is 0 Å². The molecule has 0 amide bonds. The average molecular weight is 692 g/mol. The summed E-state index contributed by atoms with van der Waals surface area (Å²) < 4.78 is 17.1. The van der Waals surface area contributed by atoms with E-state index in [4.69, 9.17) is 14.2 Å². The maximum atomic E-state index is 12.6. The summed E-state index contributed by atoms with van der Waals surface area (Å²) in [5.74, 6) is -1.77. The van der Waals surface area contributed by atoms with Gasteiger partial charge in [0.05, 0.1) is 40.3 Å². The van der Waals surface area contributed by atoms with Gasteiger partial charge in [-0.1, -0.05) is 127 Å². The molecule has 0 saturated carbocycles. The van der Waals surface area contributed by atoms with Crippen molar-refractivity contribution in [3.8, 4) is 0 Å². The number of rotatable bonds is 34. The van der Waals surface area contributed by atoms with Gasteiger partial charge in [-0.3, -0.25) is 9.59 Å². The zero-order valence-corrected chi connectivity index (χ0v) is 32.1. The Labute approximate surface area is 300 Å². The van der Waals surface area contributed by atoms with Gasteiger partial charge in [-0.2, -0.15) is 0 Å². The van der Waals surface area contributed by atoms with E-state index in [1.807, 2.05) is 0 Å². The van der Waals surface area contributed by atoms with Crippen LogP contribution < -0.4 is 5.11 Å². The Hall–Kier alpha value is -2.45. The van der Waals surface area contributed by atoms with Gasteiger partial charge >= 0.3 is 11.9 Å². The number of allylic oxidation sites excluding steroid dienone is 6. The molecule has 0 aliphatic rings. The number of carboxylic acid groups (broad SMARTS) is 1. The summed E-state index contributed by atoms with van der Waals surface area (Å²) in [4.78, 5) is 36.6. The molecule has 8 nitrogen and oxygen atoms in total. The van der Waals surface area contributed by atoms with Crippen LogP contribution in [0.2, 0.25) is 0 Å². The molecule has 0 rings (SSSR count). The molecular formula is C41H73NO7. The molecule has 2 unspecified atom stereocenters. The Morgan fingerprint density at radius 2 is 1.14 bits per heavy atom. The second-order valence-corrected chi connectivity index (χ2v) is 14.1. The highest BCUT2D eigenvalue weighted by atomic mass is 16.6. The van der Waals surface area contributed by atoms with Gasteiger partial charge in [-0.15, -0.1) is 0 Å². The molecule has 0 radical (unpaired) electrons. The first-order valence-corrected chi connectivity index (χ1v) is 19.5. The standard InChI is InChI=1S/C41H73NO7/c1-6-8-10-12-14-16-18-19-20-22-24-26-28-30-32-40(44)49-37(35-47-34-33-38(41(45)46)42(3,4)5)36-48-39(43)31-29-27-25-23-21-17-15-13-11-9-7-2/h8,10,14,16,19-20,37-38H,6-7,9,11-13,15,17-18,21-36H2,1-5H3/b10-8+,16-14+,20-19+. The lowest BCUT2D eigenvalue weighted by atomic mass is 10.1. The summed E-state index contributed by atoms with van der Waals surface area (Å²) in [6.45, 7) is 4.50. The topological polar surface area (TPSA) is 102 Å². The summed E-state index contributed by atoms with van der Waals surface area (Å²) >= 11 is 0. The molecule has 0 heterocycles. The second-order valence-electron chi connectivity index (χ2n) is 14.1. The van der Waals surface area contributed by atoms with Gasteiger partial charge in [0.15, 0.2) is 6.10 Å². The molecule has 0 saturated heterocycles. The highest BCUT2D eigenvalue weighted by molar-refractivity contribution is 5.70. The van der Waals surface area contributed by atoms with E-state index in [9.17, 15) is 19.5 Å². The number of hydrogen-bond donors (Lipinski definition) is 0. The lowest BCUT2D eigenvalue weighted by Crippen LogP contribution is -2.55. The lowest BCUT2D eigenvalue weighted by Gasteiger charge is -2.34. The molecule has 0 fully saturated rings. The van der Waals surface area contributed by atoms with Gasteiger partial charge in [-0.25, -0.2) is 0 Å². The minimum absolute atomic E-state index is 0.0331. The molecule has 0 bridgehead atoms. The van der Waals surface area contributed by atoms with Crippen molar-refractivity contribution in [2.24, 2.45) is 0 Å². The van der Waals surface area contributed by atoms with Gasteiger partial charge in [-0.05, 0) is 44.9 Å². The van der Waals surface area contributed by atoms with E-state index in [-0.39, 0.29) is 42.7 Å². The SMILES string of the molecule is CC/C=C/C/C=C/C/C=C/CCCCCCC(=O)OC(COCCC(C(=O)[O-])[N+](C)(C)C)COC(=O)CCCCCCCCCCCCC. The van der Waals surface area contributed by atoms with Gasteiger partial charge in [0.2, 0.25) is 0 Å².